The topological polar surface area (TPSA) is 81.8 Å². The number of benzene rings is 1. The van der Waals surface area contributed by atoms with E-state index in [-0.39, 0.29) is 16.3 Å². The molecule has 0 spiro atoms. The van der Waals surface area contributed by atoms with Gasteiger partial charge in [-0.05, 0) is 18.1 Å². The SMILES string of the molecule is CCCN/C(=C\c1nc2c(nc1Cl)c(=O)n(C)c(=O)n2C)c1ccccc1. The molecule has 0 saturated heterocycles. The zero-order valence-electron chi connectivity index (χ0n) is 15.4. The van der Waals surface area contributed by atoms with E-state index in [0.29, 0.717) is 5.69 Å². The monoisotopic (exact) mass is 385 g/mol. The van der Waals surface area contributed by atoms with Crippen molar-refractivity contribution >= 4 is 34.5 Å². The van der Waals surface area contributed by atoms with E-state index in [9.17, 15) is 9.59 Å². The van der Waals surface area contributed by atoms with Crippen molar-refractivity contribution in [1.82, 2.24) is 24.4 Å². The van der Waals surface area contributed by atoms with Crippen LogP contribution in [0.4, 0.5) is 0 Å². The number of rotatable bonds is 5. The summed E-state index contributed by atoms with van der Waals surface area (Å²) >= 11 is 6.30. The largest absolute Gasteiger partial charge is 0.385 e. The highest BCUT2D eigenvalue weighted by molar-refractivity contribution is 6.31. The van der Waals surface area contributed by atoms with E-state index in [1.165, 1.54) is 11.6 Å². The fraction of sp³-hybridized carbons (Fsp3) is 0.263. The lowest BCUT2D eigenvalue weighted by atomic mass is 10.1. The van der Waals surface area contributed by atoms with Crippen molar-refractivity contribution in [2.45, 2.75) is 13.3 Å². The normalized spacial score (nSPS) is 11.8. The molecule has 0 aliphatic rings. The Hall–Kier alpha value is -2.93. The lowest BCUT2D eigenvalue weighted by Crippen LogP contribution is -2.37. The fourth-order valence-electron chi connectivity index (χ4n) is 2.70. The Morgan fingerprint density at radius 3 is 2.52 bits per heavy atom. The molecule has 0 unspecified atom stereocenters. The van der Waals surface area contributed by atoms with Gasteiger partial charge >= 0.3 is 5.69 Å². The molecule has 0 fully saturated rings. The van der Waals surface area contributed by atoms with Crippen molar-refractivity contribution in [3.8, 4) is 0 Å². The first kappa shape index (κ1) is 18.8. The number of nitrogens with one attached hydrogen (secondary N) is 1. The minimum atomic E-state index is -0.523. The second kappa shape index (κ2) is 7.75. The third-order valence-electron chi connectivity index (χ3n) is 4.19. The molecular weight excluding hydrogens is 366 g/mol. The smallest absolute Gasteiger partial charge is 0.332 e. The highest BCUT2D eigenvalue weighted by Gasteiger charge is 2.15. The van der Waals surface area contributed by atoms with Gasteiger partial charge in [0.05, 0.1) is 0 Å². The van der Waals surface area contributed by atoms with Gasteiger partial charge in [0.1, 0.15) is 5.69 Å². The highest BCUT2D eigenvalue weighted by Crippen LogP contribution is 2.20. The van der Waals surface area contributed by atoms with Crippen molar-refractivity contribution < 1.29 is 0 Å². The van der Waals surface area contributed by atoms with Crippen LogP contribution in [-0.4, -0.2) is 25.6 Å². The molecule has 1 aromatic carbocycles. The van der Waals surface area contributed by atoms with Crippen molar-refractivity contribution in [1.29, 1.82) is 0 Å². The standard InChI is InChI=1S/C19H20ClN5O2/c1-4-10-21-13(12-8-6-5-7-9-12)11-14-16(20)23-15-17(22-14)24(2)19(27)25(3)18(15)26/h5-9,11,21H,4,10H2,1-3H3/b13-11-. The molecule has 27 heavy (non-hydrogen) atoms. The Balaban J connectivity index is 2.23. The third-order valence-corrected chi connectivity index (χ3v) is 4.47. The number of aromatic nitrogens is 4. The second-order valence-corrected chi connectivity index (χ2v) is 6.49. The summed E-state index contributed by atoms with van der Waals surface area (Å²) < 4.78 is 2.28. The maximum atomic E-state index is 12.3. The van der Waals surface area contributed by atoms with Crippen LogP contribution in [0.2, 0.25) is 5.15 Å². The summed E-state index contributed by atoms with van der Waals surface area (Å²) in [5.74, 6) is 0. The van der Waals surface area contributed by atoms with E-state index in [2.05, 4.69) is 22.2 Å². The molecule has 140 valence electrons. The summed E-state index contributed by atoms with van der Waals surface area (Å²) in [6, 6.07) is 9.77. The van der Waals surface area contributed by atoms with Gasteiger partial charge in [-0.25, -0.2) is 14.8 Å². The average Bonchev–Trinajstić information content (AvgIpc) is 2.69. The van der Waals surface area contributed by atoms with Crippen LogP contribution in [0.15, 0.2) is 39.9 Å². The molecule has 0 radical (unpaired) electrons. The maximum absolute atomic E-state index is 12.3. The van der Waals surface area contributed by atoms with Crippen LogP contribution in [0.25, 0.3) is 22.9 Å². The van der Waals surface area contributed by atoms with Gasteiger partial charge in [-0.1, -0.05) is 48.9 Å². The van der Waals surface area contributed by atoms with Gasteiger partial charge in [0, 0.05) is 26.3 Å². The van der Waals surface area contributed by atoms with Crippen LogP contribution in [-0.2, 0) is 14.1 Å². The molecule has 1 N–H and O–H groups in total. The Bertz CT molecular complexity index is 1130. The van der Waals surface area contributed by atoms with Crippen LogP contribution in [0.3, 0.4) is 0 Å². The molecule has 0 aliphatic carbocycles. The van der Waals surface area contributed by atoms with Crippen LogP contribution >= 0.6 is 11.6 Å². The van der Waals surface area contributed by atoms with Gasteiger partial charge in [-0.2, -0.15) is 0 Å². The number of halogens is 1. The average molecular weight is 386 g/mol. The Kier molecular flexibility index (Phi) is 5.41. The van der Waals surface area contributed by atoms with Gasteiger partial charge in [-0.15, -0.1) is 0 Å². The van der Waals surface area contributed by atoms with Crippen molar-refractivity contribution in [3.63, 3.8) is 0 Å². The molecule has 2 aromatic heterocycles. The van der Waals surface area contributed by atoms with Crippen LogP contribution < -0.4 is 16.6 Å². The number of nitrogens with zero attached hydrogens (tertiary/aromatic N) is 4. The maximum Gasteiger partial charge on any atom is 0.332 e. The number of hydrogen-bond acceptors (Lipinski definition) is 5. The molecule has 0 aliphatic heterocycles. The molecule has 0 amide bonds. The van der Waals surface area contributed by atoms with Crippen LogP contribution in [0, 0.1) is 0 Å². The number of aryl methyl sites for hydroxylation is 1. The number of hydrogen-bond donors (Lipinski definition) is 1. The van der Waals surface area contributed by atoms with Gasteiger partial charge in [-0.3, -0.25) is 13.9 Å². The molecule has 0 bridgehead atoms. The van der Waals surface area contributed by atoms with E-state index in [1.807, 2.05) is 30.3 Å². The van der Waals surface area contributed by atoms with E-state index in [1.54, 1.807) is 13.1 Å². The van der Waals surface area contributed by atoms with E-state index in [4.69, 9.17) is 11.6 Å². The molecular formula is C19H20ClN5O2. The van der Waals surface area contributed by atoms with Gasteiger partial charge < -0.3 is 5.32 Å². The van der Waals surface area contributed by atoms with E-state index < -0.39 is 11.2 Å². The van der Waals surface area contributed by atoms with Crippen molar-refractivity contribution in [2.24, 2.45) is 14.1 Å². The van der Waals surface area contributed by atoms with Gasteiger partial charge in [0.2, 0.25) is 0 Å². The van der Waals surface area contributed by atoms with Crippen LogP contribution in [0.1, 0.15) is 24.6 Å². The molecule has 8 heteroatoms. The van der Waals surface area contributed by atoms with Crippen molar-refractivity contribution in [2.75, 3.05) is 6.54 Å². The Labute approximate surface area is 161 Å². The molecule has 3 aromatic rings. The van der Waals surface area contributed by atoms with Gasteiger partial charge in [0.25, 0.3) is 5.56 Å². The first-order valence-electron chi connectivity index (χ1n) is 8.58. The highest BCUT2D eigenvalue weighted by atomic mass is 35.5. The summed E-state index contributed by atoms with van der Waals surface area (Å²) in [5.41, 5.74) is 1.46. The summed E-state index contributed by atoms with van der Waals surface area (Å²) in [6.07, 6.45) is 2.73. The Morgan fingerprint density at radius 1 is 1.15 bits per heavy atom. The Morgan fingerprint density at radius 2 is 1.85 bits per heavy atom. The third kappa shape index (κ3) is 3.64. The van der Waals surface area contributed by atoms with Gasteiger partial charge in [0.15, 0.2) is 16.3 Å². The molecule has 0 saturated carbocycles. The number of fused-ring (bicyclic) bond motifs is 1. The van der Waals surface area contributed by atoms with Crippen LogP contribution in [0.5, 0.6) is 0 Å². The summed E-state index contributed by atoms with van der Waals surface area (Å²) in [7, 11) is 2.95. The minimum absolute atomic E-state index is 0.0597. The molecule has 2 heterocycles. The zero-order valence-corrected chi connectivity index (χ0v) is 16.1. The predicted octanol–water partition coefficient (Wildman–Crippen LogP) is 2.18. The second-order valence-electron chi connectivity index (χ2n) is 6.13. The molecule has 7 nitrogen and oxygen atoms in total. The fourth-order valence-corrected chi connectivity index (χ4v) is 2.88. The summed E-state index contributed by atoms with van der Waals surface area (Å²) in [4.78, 5) is 33.1. The first-order valence-corrected chi connectivity index (χ1v) is 8.96. The molecule has 3 rings (SSSR count). The first-order chi connectivity index (χ1) is 12.9. The molecule has 0 atom stereocenters. The minimum Gasteiger partial charge on any atom is -0.385 e. The lowest BCUT2D eigenvalue weighted by molar-refractivity contribution is 0.704. The quantitative estimate of drug-likeness (QED) is 0.728. The van der Waals surface area contributed by atoms with Crippen molar-refractivity contribution in [3.05, 3.63) is 67.6 Å². The predicted molar refractivity (Wildman–Crippen MR) is 108 cm³/mol. The zero-order chi connectivity index (χ0) is 19.6. The summed E-state index contributed by atoms with van der Waals surface area (Å²) in [5, 5.41) is 3.46. The van der Waals surface area contributed by atoms with E-state index in [0.717, 1.165) is 28.8 Å². The van der Waals surface area contributed by atoms with E-state index >= 15 is 0 Å². The lowest BCUT2D eigenvalue weighted by Gasteiger charge is -2.12. The summed E-state index contributed by atoms with van der Waals surface area (Å²) in [6.45, 7) is 2.85.